The lowest BCUT2D eigenvalue weighted by atomic mass is 9.87. The van der Waals surface area contributed by atoms with Crippen molar-refractivity contribution in [2.75, 3.05) is 5.73 Å². The molecule has 3 heteroatoms. The second kappa shape index (κ2) is 6.78. The number of Topliss-reactive ketones (excluding diaryl/α,β-unsaturated/α-hetero) is 2. The van der Waals surface area contributed by atoms with Crippen molar-refractivity contribution in [2.24, 2.45) is 5.41 Å². The van der Waals surface area contributed by atoms with E-state index in [9.17, 15) is 9.59 Å². The van der Waals surface area contributed by atoms with Crippen LogP contribution in [0.15, 0.2) is 48.5 Å². The Labute approximate surface area is 137 Å². The summed E-state index contributed by atoms with van der Waals surface area (Å²) in [5, 5.41) is 0. The summed E-state index contributed by atoms with van der Waals surface area (Å²) in [5.41, 5.74) is 8.68. The summed E-state index contributed by atoms with van der Waals surface area (Å²) in [7, 11) is 0. The van der Waals surface area contributed by atoms with Gasteiger partial charge in [0.25, 0.3) is 0 Å². The lowest BCUT2D eigenvalue weighted by Gasteiger charge is -2.18. The number of hydrogen-bond donors (Lipinski definition) is 1. The van der Waals surface area contributed by atoms with E-state index in [0.717, 1.165) is 6.42 Å². The molecule has 0 aliphatic heterocycles. The number of nitrogen functional groups attached to an aromatic ring is 1. The minimum atomic E-state index is -0.186. The smallest absolute Gasteiger partial charge is 0.170 e. The van der Waals surface area contributed by atoms with Crippen molar-refractivity contribution in [3.63, 3.8) is 0 Å². The standard InChI is InChI=1S/C20H23NO2/c1-20(2,3)13-14-4-6-15(7-5-14)18(22)12-19(23)16-8-10-17(21)11-9-16/h4-11H,12-13,21H2,1-3H3. The van der Waals surface area contributed by atoms with E-state index >= 15 is 0 Å². The zero-order chi connectivity index (χ0) is 17.0. The van der Waals surface area contributed by atoms with E-state index in [4.69, 9.17) is 5.73 Å². The number of benzene rings is 2. The van der Waals surface area contributed by atoms with Gasteiger partial charge in [0.15, 0.2) is 11.6 Å². The van der Waals surface area contributed by atoms with Crippen LogP contribution in [0.5, 0.6) is 0 Å². The van der Waals surface area contributed by atoms with Crippen molar-refractivity contribution in [1.82, 2.24) is 0 Å². The molecule has 23 heavy (non-hydrogen) atoms. The average Bonchev–Trinajstić information content (AvgIpc) is 2.46. The van der Waals surface area contributed by atoms with E-state index in [1.165, 1.54) is 5.56 Å². The molecule has 2 rings (SSSR count). The molecule has 3 nitrogen and oxygen atoms in total. The molecule has 0 spiro atoms. The van der Waals surface area contributed by atoms with Crippen molar-refractivity contribution in [1.29, 1.82) is 0 Å². The maximum Gasteiger partial charge on any atom is 0.170 e. The van der Waals surface area contributed by atoms with Gasteiger partial charge in [0.1, 0.15) is 0 Å². The van der Waals surface area contributed by atoms with Crippen LogP contribution in [-0.4, -0.2) is 11.6 Å². The van der Waals surface area contributed by atoms with Crippen LogP contribution in [0.3, 0.4) is 0 Å². The molecule has 0 amide bonds. The third kappa shape index (κ3) is 5.06. The van der Waals surface area contributed by atoms with Crippen LogP contribution in [-0.2, 0) is 6.42 Å². The zero-order valence-electron chi connectivity index (χ0n) is 13.9. The van der Waals surface area contributed by atoms with Gasteiger partial charge in [-0.3, -0.25) is 9.59 Å². The SMILES string of the molecule is CC(C)(C)Cc1ccc(C(=O)CC(=O)c2ccc(N)cc2)cc1. The maximum absolute atomic E-state index is 12.2. The zero-order valence-corrected chi connectivity index (χ0v) is 13.9. The van der Waals surface area contributed by atoms with Crippen molar-refractivity contribution < 1.29 is 9.59 Å². The normalized spacial score (nSPS) is 11.3. The first-order valence-corrected chi connectivity index (χ1v) is 7.75. The molecule has 0 aliphatic carbocycles. The van der Waals surface area contributed by atoms with Gasteiger partial charge in [-0.1, -0.05) is 45.0 Å². The summed E-state index contributed by atoms with van der Waals surface area (Å²) in [5.74, 6) is -0.345. The summed E-state index contributed by atoms with van der Waals surface area (Å²) in [6, 6.07) is 14.2. The molecule has 0 fully saturated rings. The predicted octanol–water partition coefficient (Wildman–Crippen LogP) is 4.31. The van der Waals surface area contributed by atoms with Gasteiger partial charge in [-0.2, -0.15) is 0 Å². The molecule has 2 N–H and O–H groups in total. The van der Waals surface area contributed by atoms with Gasteiger partial charge in [0.05, 0.1) is 6.42 Å². The van der Waals surface area contributed by atoms with Crippen LogP contribution >= 0.6 is 0 Å². The topological polar surface area (TPSA) is 60.2 Å². The quantitative estimate of drug-likeness (QED) is 0.508. The monoisotopic (exact) mass is 309 g/mol. The van der Waals surface area contributed by atoms with Crippen LogP contribution in [0.2, 0.25) is 0 Å². The minimum absolute atomic E-state index is 0.122. The van der Waals surface area contributed by atoms with E-state index in [1.54, 1.807) is 36.4 Å². The fraction of sp³-hybridized carbons (Fsp3) is 0.300. The number of hydrogen-bond acceptors (Lipinski definition) is 3. The number of carbonyl (C=O) groups excluding carboxylic acids is 2. The Morgan fingerprint density at radius 3 is 1.70 bits per heavy atom. The van der Waals surface area contributed by atoms with Gasteiger partial charge in [0, 0.05) is 16.8 Å². The molecule has 0 aliphatic rings. The van der Waals surface area contributed by atoms with E-state index in [1.807, 2.05) is 12.1 Å². The lowest BCUT2D eigenvalue weighted by molar-refractivity contribution is 0.0894. The molecule has 0 bridgehead atoms. The first-order valence-electron chi connectivity index (χ1n) is 7.75. The van der Waals surface area contributed by atoms with Gasteiger partial charge in [-0.25, -0.2) is 0 Å². The van der Waals surface area contributed by atoms with Gasteiger partial charge in [-0.15, -0.1) is 0 Å². The van der Waals surface area contributed by atoms with Gasteiger partial charge < -0.3 is 5.73 Å². The third-order valence-corrected chi connectivity index (χ3v) is 3.56. The van der Waals surface area contributed by atoms with Crippen LogP contribution in [0.1, 0.15) is 53.5 Å². The molecule has 2 aromatic rings. The number of rotatable bonds is 5. The van der Waals surface area contributed by atoms with Gasteiger partial charge in [-0.05, 0) is 41.7 Å². The number of carbonyl (C=O) groups is 2. The fourth-order valence-corrected chi connectivity index (χ4v) is 2.44. The van der Waals surface area contributed by atoms with E-state index < -0.39 is 0 Å². The van der Waals surface area contributed by atoms with E-state index in [0.29, 0.717) is 16.8 Å². The van der Waals surface area contributed by atoms with Gasteiger partial charge >= 0.3 is 0 Å². The van der Waals surface area contributed by atoms with E-state index in [-0.39, 0.29) is 23.4 Å². The average molecular weight is 309 g/mol. The summed E-state index contributed by atoms with van der Waals surface area (Å²) < 4.78 is 0. The summed E-state index contributed by atoms with van der Waals surface area (Å²) in [6.45, 7) is 6.53. The molecule has 0 saturated carbocycles. The highest BCUT2D eigenvalue weighted by Crippen LogP contribution is 2.21. The Balaban J connectivity index is 2.03. The first kappa shape index (κ1) is 16.9. The largest absolute Gasteiger partial charge is 0.399 e. The fourth-order valence-electron chi connectivity index (χ4n) is 2.44. The Hall–Kier alpha value is -2.42. The lowest BCUT2D eigenvalue weighted by Crippen LogP contribution is -2.10. The Kier molecular flexibility index (Phi) is 4.99. The predicted molar refractivity (Wildman–Crippen MR) is 93.7 cm³/mol. The van der Waals surface area contributed by atoms with Crippen molar-refractivity contribution in [3.8, 4) is 0 Å². The van der Waals surface area contributed by atoms with Crippen molar-refractivity contribution in [2.45, 2.75) is 33.6 Å². The molecule has 0 saturated heterocycles. The summed E-state index contributed by atoms with van der Waals surface area (Å²) in [4.78, 5) is 24.4. The van der Waals surface area contributed by atoms with E-state index in [2.05, 4.69) is 20.8 Å². The Morgan fingerprint density at radius 2 is 1.26 bits per heavy atom. The Morgan fingerprint density at radius 1 is 0.826 bits per heavy atom. The molecule has 0 aromatic heterocycles. The van der Waals surface area contributed by atoms with Crippen molar-refractivity contribution >= 4 is 17.3 Å². The second-order valence-electron chi connectivity index (χ2n) is 7.08. The summed E-state index contributed by atoms with van der Waals surface area (Å²) in [6.07, 6.45) is 0.828. The van der Waals surface area contributed by atoms with Crippen molar-refractivity contribution in [3.05, 3.63) is 65.2 Å². The van der Waals surface area contributed by atoms with Crippen LogP contribution in [0, 0.1) is 5.41 Å². The highest BCUT2D eigenvalue weighted by Gasteiger charge is 2.15. The van der Waals surface area contributed by atoms with Crippen LogP contribution in [0.4, 0.5) is 5.69 Å². The second-order valence-corrected chi connectivity index (χ2v) is 7.08. The molecule has 0 radical (unpaired) electrons. The molecule has 0 unspecified atom stereocenters. The highest BCUT2D eigenvalue weighted by atomic mass is 16.1. The minimum Gasteiger partial charge on any atom is -0.399 e. The maximum atomic E-state index is 12.2. The molecule has 2 aromatic carbocycles. The molecular weight excluding hydrogens is 286 g/mol. The number of anilines is 1. The highest BCUT2D eigenvalue weighted by molar-refractivity contribution is 6.13. The van der Waals surface area contributed by atoms with Crippen LogP contribution < -0.4 is 5.73 Å². The molecular formula is C20H23NO2. The molecule has 0 atom stereocenters. The van der Waals surface area contributed by atoms with Gasteiger partial charge in [0.2, 0.25) is 0 Å². The Bertz CT molecular complexity index is 692. The third-order valence-electron chi connectivity index (χ3n) is 3.56. The van der Waals surface area contributed by atoms with Crippen LogP contribution in [0.25, 0.3) is 0 Å². The number of nitrogens with two attached hydrogens (primary N) is 1. The molecule has 120 valence electrons. The summed E-state index contributed by atoms with van der Waals surface area (Å²) >= 11 is 0. The molecule has 0 heterocycles. The number of ketones is 2. The first-order chi connectivity index (χ1) is 10.7.